The Balaban J connectivity index is 1.83. The van der Waals surface area contributed by atoms with Crippen LogP contribution >= 0.6 is 0 Å². The van der Waals surface area contributed by atoms with E-state index in [1.165, 1.54) is 24.0 Å². The normalized spacial score (nSPS) is 24.4. The van der Waals surface area contributed by atoms with Gasteiger partial charge in [-0.15, -0.1) is 0 Å². The van der Waals surface area contributed by atoms with Gasteiger partial charge in [0.15, 0.2) is 0 Å². The molecule has 1 aliphatic heterocycles. The first-order valence-corrected chi connectivity index (χ1v) is 9.06. The van der Waals surface area contributed by atoms with Crippen LogP contribution in [0.5, 0.6) is 0 Å². The van der Waals surface area contributed by atoms with Gasteiger partial charge in [0.05, 0.1) is 0 Å². The topological polar surface area (TPSA) is 67.1 Å². The summed E-state index contributed by atoms with van der Waals surface area (Å²) in [5, 5.41) is 3.20. The lowest BCUT2D eigenvalue weighted by molar-refractivity contribution is 0.440. The number of anilines is 2. The largest absolute Gasteiger partial charge is 0.399 e. The van der Waals surface area contributed by atoms with Crippen molar-refractivity contribution in [2.75, 3.05) is 30.4 Å². The van der Waals surface area contributed by atoms with Crippen molar-refractivity contribution in [3.05, 3.63) is 35.3 Å². The Morgan fingerprint density at radius 3 is 2.92 bits per heavy atom. The molecule has 2 heterocycles. The van der Waals surface area contributed by atoms with E-state index >= 15 is 0 Å². The first-order valence-electron chi connectivity index (χ1n) is 9.06. The number of nitrogens with zero attached hydrogens (tertiary/aromatic N) is 3. The van der Waals surface area contributed by atoms with Crippen LogP contribution < -0.4 is 16.0 Å². The highest BCUT2D eigenvalue weighted by Crippen LogP contribution is 2.34. The van der Waals surface area contributed by atoms with Crippen LogP contribution in [-0.4, -0.2) is 30.1 Å². The fraction of sp³-hybridized carbons (Fsp3) is 0.579. The summed E-state index contributed by atoms with van der Waals surface area (Å²) in [4.78, 5) is 11.4. The highest BCUT2D eigenvalue weighted by Gasteiger charge is 2.27. The van der Waals surface area contributed by atoms with E-state index in [2.05, 4.69) is 46.2 Å². The number of piperidine rings is 1. The van der Waals surface area contributed by atoms with E-state index in [9.17, 15) is 0 Å². The summed E-state index contributed by atoms with van der Waals surface area (Å²) < 4.78 is 0. The summed E-state index contributed by atoms with van der Waals surface area (Å²) in [7, 11) is 1.92. The van der Waals surface area contributed by atoms with Crippen LogP contribution in [0.15, 0.2) is 29.7 Å². The van der Waals surface area contributed by atoms with E-state index < -0.39 is 0 Å². The van der Waals surface area contributed by atoms with Crippen molar-refractivity contribution in [2.24, 2.45) is 17.6 Å². The third-order valence-corrected chi connectivity index (χ3v) is 5.14. The smallest absolute Gasteiger partial charge is 0.137 e. The van der Waals surface area contributed by atoms with Crippen LogP contribution in [0.2, 0.25) is 0 Å². The van der Waals surface area contributed by atoms with Gasteiger partial charge in [-0.3, -0.25) is 0 Å². The van der Waals surface area contributed by atoms with Crippen molar-refractivity contribution in [3.8, 4) is 0 Å². The SMILES string of the molecule is CCc1c(NC)ncnc1N1CCC[C@H](C2=CC(N)=C[C@@H](C)C2)C1. The minimum Gasteiger partial charge on any atom is -0.399 e. The zero-order chi connectivity index (χ0) is 17.1. The molecule has 1 aromatic rings. The van der Waals surface area contributed by atoms with E-state index in [0.29, 0.717) is 11.8 Å². The van der Waals surface area contributed by atoms with E-state index in [-0.39, 0.29) is 0 Å². The number of hydrogen-bond acceptors (Lipinski definition) is 5. The third-order valence-electron chi connectivity index (χ3n) is 5.14. The number of nitrogens with two attached hydrogens (primary N) is 1. The first kappa shape index (κ1) is 16.8. The van der Waals surface area contributed by atoms with E-state index in [1.807, 2.05) is 7.05 Å². The number of hydrogen-bond donors (Lipinski definition) is 2. The molecule has 0 radical (unpaired) electrons. The van der Waals surface area contributed by atoms with Crippen molar-refractivity contribution in [2.45, 2.75) is 39.5 Å². The van der Waals surface area contributed by atoms with Crippen molar-refractivity contribution >= 4 is 11.6 Å². The monoisotopic (exact) mass is 327 g/mol. The molecule has 0 bridgehead atoms. The van der Waals surface area contributed by atoms with Gasteiger partial charge in [-0.2, -0.15) is 0 Å². The van der Waals surface area contributed by atoms with Gasteiger partial charge in [-0.25, -0.2) is 9.97 Å². The molecule has 1 fully saturated rings. The van der Waals surface area contributed by atoms with Crippen LogP contribution in [0.4, 0.5) is 11.6 Å². The van der Waals surface area contributed by atoms with Gasteiger partial charge in [0, 0.05) is 31.4 Å². The first-order chi connectivity index (χ1) is 11.6. The molecule has 2 atom stereocenters. The standard InChI is InChI=1S/C19H29N5/c1-4-17-18(21-3)22-12-23-19(17)24-7-5-6-14(11-24)15-8-13(2)9-16(20)10-15/h9-10,12-14H,4-8,11,20H2,1-3H3,(H,21,22,23)/t13-,14-/m0/s1. The minimum absolute atomic E-state index is 0.543. The van der Waals surface area contributed by atoms with E-state index in [1.54, 1.807) is 6.33 Å². The van der Waals surface area contributed by atoms with Gasteiger partial charge in [0.25, 0.3) is 0 Å². The van der Waals surface area contributed by atoms with Gasteiger partial charge in [-0.1, -0.05) is 25.5 Å². The molecule has 2 aliphatic rings. The number of nitrogens with one attached hydrogen (secondary N) is 1. The highest BCUT2D eigenvalue weighted by molar-refractivity contribution is 5.59. The second-order valence-electron chi connectivity index (χ2n) is 6.98. The van der Waals surface area contributed by atoms with Gasteiger partial charge < -0.3 is 16.0 Å². The molecule has 3 N–H and O–H groups in total. The van der Waals surface area contributed by atoms with Crippen LogP contribution in [-0.2, 0) is 6.42 Å². The molecule has 1 aromatic heterocycles. The zero-order valence-electron chi connectivity index (χ0n) is 15.0. The van der Waals surface area contributed by atoms with Crippen molar-refractivity contribution in [3.63, 3.8) is 0 Å². The second-order valence-corrected chi connectivity index (χ2v) is 6.98. The third kappa shape index (κ3) is 3.40. The van der Waals surface area contributed by atoms with Gasteiger partial charge >= 0.3 is 0 Å². The Bertz CT molecular complexity index is 649. The summed E-state index contributed by atoms with van der Waals surface area (Å²) in [6, 6.07) is 0. The molecular weight excluding hydrogens is 298 g/mol. The Morgan fingerprint density at radius 2 is 2.21 bits per heavy atom. The summed E-state index contributed by atoms with van der Waals surface area (Å²) in [6.45, 7) is 6.51. The summed E-state index contributed by atoms with van der Waals surface area (Å²) in [6.07, 6.45) is 10.5. The molecule has 130 valence electrons. The predicted molar refractivity (Wildman–Crippen MR) is 100 cm³/mol. The Kier molecular flexibility index (Phi) is 5.07. The molecule has 24 heavy (non-hydrogen) atoms. The Labute approximate surface area is 145 Å². The molecule has 0 unspecified atom stereocenters. The van der Waals surface area contributed by atoms with Gasteiger partial charge in [0.1, 0.15) is 18.0 Å². The zero-order valence-corrected chi connectivity index (χ0v) is 15.0. The van der Waals surface area contributed by atoms with Crippen LogP contribution in [0, 0.1) is 11.8 Å². The maximum atomic E-state index is 6.09. The molecule has 0 aromatic carbocycles. The molecule has 5 heteroatoms. The van der Waals surface area contributed by atoms with Crippen molar-refractivity contribution in [1.82, 2.24) is 9.97 Å². The number of aromatic nitrogens is 2. The molecular formula is C19H29N5. The van der Waals surface area contributed by atoms with Crippen molar-refractivity contribution in [1.29, 1.82) is 0 Å². The summed E-state index contributed by atoms with van der Waals surface area (Å²) >= 11 is 0. The van der Waals surface area contributed by atoms with Crippen molar-refractivity contribution < 1.29 is 0 Å². The molecule has 3 rings (SSSR count). The molecule has 1 aliphatic carbocycles. The van der Waals surface area contributed by atoms with Crippen LogP contribution in [0.1, 0.15) is 38.7 Å². The fourth-order valence-corrected chi connectivity index (χ4v) is 4.05. The lowest BCUT2D eigenvalue weighted by Crippen LogP contribution is -2.38. The van der Waals surface area contributed by atoms with Gasteiger partial charge in [-0.05, 0) is 43.6 Å². The lowest BCUT2D eigenvalue weighted by atomic mass is 9.82. The molecule has 0 saturated carbocycles. The average Bonchev–Trinajstić information content (AvgIpc) is 2.60. The summed E-state index contributed by atoms with van der Waals surface area (Å²) in [5.74, 6) is 3.16. The quantitative estimate of drug-likeness (QED) is 0.889. The average molecular weight is 327 g/mol. The second kappa shape index (κ2) is 7.24. The van der Waals surface area contributed by atoms with E-state index in [0.717, 1.165) is 43.3 Å². The fourth-order valence-electron chi connectivity index (χ4n) is 4.05. The van der Waals surface area contributed by atoms with Crippen LogP contribution in [0.25, 0.3) is 0 Å². The Hall–Kier alpha value is -2.04. The minimum atomic E-state index is 0.543. The highest BCUT2D eigenvalue weighted by atomic mass is 15.2. The molecule has 1 saturated heterocycles. The predicted octanol–water partition coefficient (Wildman–Crippen LogP) is 3.11. The molecule has 0 amide bonds. The number of rotatable bonds is 4. The summed E-state index contributed by atoms with van der Waals surface area (Å²) in [5.41, 5.74) is 9.74. The Morgan fingerprint density at radius 1 is 1.38 bits per heavy atom. The maximum Gasteiger partial charge on any atom is 0.137 e. The maximum absolute atomic E-state index is 6.09. The number of allylic oxidation sites excluding steroid dienone is 2. The molecule has 5 nitrogen and oxygen atoms in total. The lowest BCUT2D eigenvalue weighted by Gasteiger charge is -2.37. The van der Waals surface area contributed by atoms with Gasteiger partial charge in [0.2, 0.25) is 0 Å². The van der Waals surface area contributed by atoms with E-state index in [4.69, 9.17) is 5.73 Å². The molecule has 0 spiro atoms. The van der Waals surface area contributed by atoms with Crippen LogP contribution in [0.3, 0.4) is 0 Å².